The molecule has 1 aliphatic heterocycles. The number of rotatable bonds is 5. The minimum absolute atomic E-state index is 0.0895. The Morgan fingerprint density at radius 1 is 1.40 bits per heavy atom. The van der Waals surface area contributed by atoms with Crippen LogP contribution in [-0.2, 0) is 28.0 Å². The number of fused-ring (bicyclic) bond motifs is 1. The molecule has 2 rings (SSSR count). The first-order chi connectivity index (χ1) is 9.45. The van der Waals surface area contributed by atoms with Crippen molar-refractivity contribution in [1.82, 2.24) is 9.03 Å². The highest BCUT2D eigenvalue weighted by Gasteiger charge is 2.38. The zero-order valence-corrected chi connectivity index (χ0v) is 12.1. The van der Waals surface area contributed by atoms with Crippen LogP contribution in [-0.4, -0.2) is 36.4 Å². The highest BCUT2D eigenvalue weighted by Crippen LogP contribution is 2.25. The number of hydrogen-bond acceptors (Lipinski definition) is 3. The van der Waals surface area contributed by atoms with Gasteiger partial charge < -0.3 is 5.11 Å². The summed E-state index contributed by atoms with van der Waals surface area (Å²) in [6.45, 7) is 2.24. The van der Waals surface area contributed by atoms with Crippen LogP contribution in [0.1, 0.15) is 24.5 Å². The molecular weight excluding hydrogens is 280 g/mol. The minimum atomic E-state index is -3.78. The van der Waals surface area contributed by atoms with Gasteiger partial charge >= 0.3 is 5.97 Å². The van der Waals surface area contributed by atoms with Gasteiger partial charge in [-0.25, -0.2) is 4.72 Å². The van der Waals surface area contributed by atoms with Gasteiger partial charge in [0.1, 0.15) is 6.04 Å². The molecule has 6 nitrogen and oxygen atoms in total. The van der Waals surface area contributed by atoms with Gasteiger partial charge in [0.2, 0.25) is 0 Å². The van der Waals surface area contributed by atoms with Crippen molar-refractivity contribution in [2.24, 2.45) is 0 Å². The molecular formula is C13H18N2O4S. The highest BCUT2D eigenvalue weighted by atomic mass is 32.2. The molecule has 20 heavy (non-hydrogen) atoms. The third kappa shape index (κ3) is 3.00. The lowest BCUT2D eigenvalue weighted by Gasteiger charge is -2.33. The second-order valence-electron chi connectivity index (χ2n) is 4.77. The fourth-order valence-electron chi connectivity index (χ4n) is 2.28. The second kappa shape index (κ2) is 5.90. The molecule has 7 heteroatoms. The number of nitrogens with one attached hydrogen (secondary N) is 1. The van der Waals surface area contributed by atoms with Gasteiger partial charge in [-0.1, -0.05) is 31.2 Å². The Morgan fingerprint density at radius 2 is 2.05 bits per heavy atom. The van der Waals surface area contributed by atoms with Crippen molar-refractivity contribution in [2.75, 3.05) is 6.54 Å². The number of carbonyl (C=O) groups is 1. The molecule has 110 valence electrons. The van der Waals surface area contributed by atoms with Crippen LogP contribution in [0.4, 0.5) is 0 Å². The van der Waals surface area contributed by atoms with Crippen molar-refractivity contribution in [1.29, 1.82) is 0 Å². The lowest BCUT2D eigenvalue weighted by Crippen LogP contribution is -2.52. The van der Waals surface area contributed by atoms with Crippen LogP contribution in [0.3, 0.4) is 0 Å². The maximum Gasteiger partial charge on any atom is 0.322 e. The summed E-state index contributed by atoms with van der Waals surface area (Å²) in [6.07, 6.45) is 0.847. The Hall–Kier alpha value is -1.44. The van der Waals surface area contributed by atoms with Crippen LogP contribution in [0.25, 0.3) is 0 Å². The average molecular weight is 298 g/mol. The van der Waals surface area contributed by atoms with Gasteiger partial charge in [0, 0.05) is 19.5 Å². The topological polar surface area (TPSA) is 86.7 Å². The molecule has 0 aromatic heterocycles. The van der Waals surface area contributed by atoms with E-state index in [0.717, 1.165) is 15.4 Å². The Balaban J connectivity index is 2.33. The second-order valence-corrected chi connectivity index (χ2v) is 6.48. The van der Waals surface area contributed by atoms with E-state index in [1.807, 2.05) is 31.2 Å². The number of nitrogens with zero attached hydrogens (tertiary/aromatic N) is 1. The van der Waals surface area contributed by atoms with Gasteiger partial charge in [-0.3, -0.25) is 4.79 Å². The molecule has 1 aromatic rings. The molecule has 0 radical (unpaired) electrons. The van der Waals surface area contributed by atoms with Gasteiger partial charge in [0.05, 0.1) is 0 Å². The molecule has 0 bridgehead atoms. The third-order valence-corrected chi connectivity index (χ3v) is 4.90. The maximum atomic E-state index is 12.2. The first-order valence-corrected chi connectivity index (χ1v) is 7.95. The molecule has 0 saturated heterocycles. The highest BCUT2D eigenvalue weighted by molar-refractivity contribution is 7.87. The summed E-state index contributed by atoms with van der Waals surface area (Å²) in [5, 5.41) is 9.29. The van der Waals surface area contributed by atoms with Crippen molar-refractivity contribution < 1.29 is 18.3 Å². The van der Waals surface area contributed by atoms with E-state index in [4.69, 9.17) is 0 Å². The molecule has 1 atom stereocenters. The van der Waals surface area contributed by atoms with Gasteiger partial charge in [-0.2, -0.15) is 12.7 Å². The average Bonchev–Trinajstić information content (AvgIpc) is 2.43. The lowest BCUT2D eigenvalue weighted by molar-refractivity contribution is -0.141. The molecule has 1 unspecified atom stereocenters. The Morgan fingerprint density at radius 3 is 2.65 bits per heavy atom. The summed E-state index contributed by atoms with van der Waals surface area (Å²) >= 11 is 0. The summed E-state index contributed by atoms with van der Waals surface area (Å²) in [7, 11) is -3.78. The Labute approximate surface area is 118 Å². The molecule has 0 amide bonds. The quantitative estimate of drug-likeness (QED) is 0.839. The van der Waals surface area contributed by atoms with E-state index in [1.165, 1.54) is 0 Å². The summed E-state index contributed by atoms with van der Waals surface area (Å²) in [4.78, 5) is 11.4. The first kappa shape index (κ1) is 15.0. The predicted molar refractivity (Wildman–Crippen MR) is 74.3 cm³/mol. The Kier molecular flexibility index (Phi) is 4.42. The van der Waals surface area contributed by atoms with Crippen LogP contribution >= 0.6 is 0 Å². The van der Waals surface area contributed by atoms with E-state index in [0.29, 0.717) is 13.0 Å². The van der Waals surface area contributed by atoms with Crippen LogP contribution in [0.15, 0.2) is 24.3 Å². The van der Waals surface area contributed by atoms with Crippen molar-refractivity contribution in [3.8, 4) is 0 Å². The molecule has 1 heterocycles. The standard InChI is InChI=1S/C13H18N2O4S/c1-2-7-14-20(18,19)15-9-11-6-4-3-5-10(11)8-12(15)13(16)17/h3-6,12,14H,2,7-9H2,1H3,(H,16,17). The van der Waals surface area contributed by atoms with Crippen LogP contribution < -0.4 is 4.72 Å². The Bertz CT molecular complexity index is 600. The lowest BCUT2D eigenvalue weighted by atomic mass is 9.96. The van der Waals surface area contributed by atoms with E-state index in [9.17, 15) is 18.3 Å². The number of carboxylic acid groups (broad SMARTS) is 1. The van der Waals surface area contributed by atoms with Gasteiger partial charge in [0.25, 0.3) is 10.2 Å². The van der Waals surface area contributed by atoms with Crippen molar-refractivity contribution >= 4 is 16.2 Å². The van der Waals surface area contributed by atoms with E-state index < -0.39 is 22.2 Å². The van der Waals surface area contributed by atoms with E-state index in [2.05, 4.69) is 4.72 Å². The number of benzene rings is 1. The molecule has 0 fully saturated rings. The maximum absolute atomic E-state index is 12.2. The van der Waals surface area contributed by atoms with E-state index in [1.54, 1.807) is 0 Å². The number of carboxylic acids is 1. The first-order valence-electron chi connectivity index (χ1n) is 6.51. The summed E-state index contributed by atoms with van der Waals surface area (Å²) in [5.74, 6) is -1.12. The molecule has 1 aromatic carbocycles. The zero-order chi connectivity index (χ0) is 14.8. The molecule has 2 N–H and O–H groups in total. The fraction of sp³-hybridized carbons (Fsp3) is 0.462. The van der Waals surface area contributed by atoms with Crippen LogP contribution in [0, 0.1) is 0 Å². The van der Waals surface area contributed by atoms with Crippen LogP contribution in [0.2, 0.25) is 0 Å². The molecule has 1 aliphatic rings. The van der Waals surface area contributed by atoms with Gasteiger partial charge in [-0.05, 0) is 17.5 Å². The normalized spacial score (nSPS) is 19.6. The monoisotopic (exact) mass is 298 g/mol. The summed E-state index contributed by atoms with van der Waals surface area (Å²) in [6, 6.07) is 6.27. The minimum Gasteiger partial charge on any atom is -0.480 e. The van der Waals surface area contributed by atoms with Crippen LogP contribution in [0.5, 0.6) is 0 Å². The molecule has 0 spiro atoms. The molecule has 0 aliphatic carbocycles. The largest absolute Gasteiger partial charge is 0.480 e. The van der Waals surface area contributed by atoms with Gasteiger partial charge in [-0.15, -0.1) is 0 Å². The number of aliphatic carboxylic acids is 1. The number of hydrogen-bond donors (Lipinski definition) is 2. The van der Waals surface area contributed by atoms with Crippen molar-refractivity contribution in [3.63, 3.8) is 0 Å². The van der Waals surface area contributed by atoms with Crippen molar-refractivity contribution in [3.05, 3.63) is 35.4 Å². The zero-order valence-electron chi connectivity index (χ0n) is 11.2. The molecule has 0 saturated carbocycles. The van der Waals surface area contributed by atoms with E-state index in [-0.39, 0.29) is 13.0 Å². The fourth-order valence-corrected chi connectivity index (χ4v) is 3.71. The summed E-state index contributed by atoms with van der Waals surface area (Å²) < 4.78 is 27.9. The third-order valence-electron chi connectivity index (χ3n) is 3.33. The SMILES string of the molecule is CCCNS(=O)(=O)N1Cc2ccccc2CC1C(=O)O. The van der Waals surface area contributed by atoms with Crippen molar-refractivity contribution in [2.45, 2.75) is 32.4 Å². The van der Waals surface area contributed by atoms with E-state index >= 15 is 0 Å². The predicted octanol–water partition coefficient (Wildman–Crippen LogP) is 0.742. The summed E-state index contributed by atoms with van der Waals surface area (Å²) in [5.41, 5.74) is 1.74. The smallest absolute Gasteiger partial charge is 0.322 e. The van der Waals surface area contributed by atoms with Gasteiger partial charge in [0.15, 0.2) is 0 Å².